The van der Waals surface area contributed by atoms with Gasteiger partial charge in [-0.25, -0.2) is 0 Å². The molecular weight excluding hydrogens is 266 g/mol. The fourth-order valence-corrected chi connectivity index (χ4v) is 3.28. The number of nitrogens with zero attached hydrogens (tertiary/aromatic N) is 1. The van der Waals surface area contributed by atoms with Crippen molar-refractivity contribution in [3.63, 3.8) is 0 Å². The van der Waals surface area contributed by atoms with Crippen LogP contribution in [0.4, 0.5) is 0 Å². The van der Waals surface area contributed by atoms with E-state index in [1.807, 2.05) is 18.2 Å². The van der Waals surface area contributed by atoms with E-state index in [9.17, 15) is 5.11 Å². The molecule has 1 N–H and O–H groups in total. The third-order valence-electron chi connectivity index (χ3n) is 4.61. The van der Waals surface area contributed by atoms with Crippen LogP contribution in [-0.2, 0) is 0 Å². The van der Waals surface area contributed by atoms with Crippen molar-refractivity contribution in [1.82, 2.24) is 4.90 Å². The molecule has 1 aliphatic heterocycles. The number of ether oxygens (including phenoxy) is 2. The topological polar surface area (TPSA) is 41.9 Å². The fourth-order valence-electron chi connectivity index (χ4n) is 3.28. The number of benzene rings is 1. The zero-order valence-electron chi connectivity index (χ0n) is 13.5. The zero-order valence-corrected chi connectivity index (χ0v) is 13.5. The smallest absolute Gasteiger partial charge is 0.128 e. The van der Waals surface area contributed by atoms with E-state index in [-0.39, 0.29) is 0 Å². The summed E-state index contributed by atoms with van der Waals surface area (Å²) in [7, 11) is 3.25. The Morgan fingerprint density at radius 3 is 2.67 bits per heavy atom. The molecule has 3 unspecified atom stereocenters. The molecule has 1 aliphatic rings. The van der Waals surface area contributed by atoms with E-state index in [2.05, 4.69) is 18.7 Å². The Hall–Kier alpha value is -1.26. The van der Waals surface area contributed by atoms with E-state index < -0.39 is 6.10 Å². The molecule has 0 aliphatic carbocycles. The molecule has 118 valence electrons. The Balaban J connectivity index is 2.14. The Morgan fingerprint density at radius 2 is 2.05 bits per heavy atom. The van der Waals surface area contributed by atoms with Crippen LogP contribution in [0.3, 0.4) is 0 Å². The molecular formula is C17H27NO3. The van der Waals surface area contributed by atoms with Gasteiger partial charge in [-0.1, -0.05) is 6.92 Å². The van der Waals surface area contributed by atoms with Crippen LogP contribution in [0.5, 0.6) is 11.5 Å². The minimum atomic E-state index is -0.541. The summed E-state index contributed by atoms with van der Waals surface area (Å²) in [4.78, 5) is 2.42. The molecule has 4 heteroatoms. The number of aliphatic hydroxyl groups excluding tert-OH is 1. The molecule has 0 aromatic heterocycles. The van der Waals surface area contributed by atoms with E-state index >= 15 is 0 Å². The summed E-state index contributed by atoms with van der Waals surface area (Å²) in [6.07, 6.45) is 3.03. The average molecular weight is 293 g/mol. The average Bonchev–Trinajstić information content (AvgIpc) is 2.86. The predicted octanol–water partition coefficient (Wildman–Crippen LogP) is 3.00. The first-order chi connectivity index (χ1) is 10.1. The maximum atomic E-state index is 10.6. The summed E-state index contributed by atoms with van der Waals surface area (Å²) < 4.78 is 10.6. The summed E-state index contributed by atoms with van der Waals surface area (Å²) in [5.74, 6) is 1.42. The number of rotatable bonds is 6. The number of β-amino-alcohol motifs (C(OH)–C–C–N with tert-alkyl or cyclic N) is 1. The first kappa shape index (κ1) is 16.1. The van der Waals surface area contributed by atoms with Crippen molar-refractivity contribution in [1.29, 1.82) is 0 Å². The summed E-state index contributed by atoms with van der Waals surface area (Å²) in [5, 5.41) is 10.6. The molecule has 21 heavy (non-hydrogen) atoms. The third-order valence-corrected chi connectivity index (χ3v) is 4.61. The highest BCUT2D eigenvalue weighted by Crippen LogP contribution is 2.33. The lowest BCUT2D eigenvalue weighted by atomic mass is 10.1. The van der Waals surface area contributed by atoms with Crippen molar-refractivity contribution >= 4 is 0 Å². The standard InChI is InChI=1S/C17H27NO3/c1-5-13-7-6-12(2)18(13)11-16(19)15-9-8-14(20-3)10-17(15)21-4/h8-10,12-13,16,19H,5-7,11H2,1-4H3. The van der Waals surface area contributed by atoms with Gasteiger partial charge in [0.2, 0.25) is 0 Å². The van der Waals surface area contributed by atoms with Crippen LogP contribution < -0.4 is 9.47 Å². The molecule has 0 saturated carbocycles. The molecule has 0 bridgehead atoms. The lowest BCUT2D eigenvalue weighted by Gasteiger charge is -2.30. The first-order valence-electron chi connectivity index (χ1n) is 7.76. The molecule has 4 nitrogen and oxygen atoms in total. The molecule has 1 fully saturated rings. The zero-order chi connectivity index (χ0) is 15.4. The van der Waals surface area contributed by atoms with Crippen molar-refractivity contribution in [2.75, 3.05) is 20.8 Å². The lowest BCUT2D eigenvalue weighted by Crippen LogP contribution is -2.37. The van der Waals surface area contributed by atoms with Gasteiger partial charge < -0.3 is 14.6 Å². The summed E-state index contributed by atoms with van der Waals surface area (Å²) >= 11 is 0. The Kier molecular flexibility index (Phi) is 5.48. The second kappa shape index (κ2) is 7.14. The maximum absolute atomic E-state index is 10.6. The fraction of sp³-hybridized carbons (Fsp3) is 0.647. The lowest BCUT2D eigenvalue weighted by molar-refractivity contribution is 0.0842. The van der Waals surface area contributed by atoms with Gasteiger partial charge in [0.05, 0.1) is 20.3 Å². The van der Waals surface area contributed by atoms with Gasteiger partial charge in [0.25, 0.3) is 0 Å². The number of methoxy groups -OCH3 is 2. The number of likely N-dealkylation sites (tertiary alicyclic amines) is 1. The van der Waals surface area contributed by atoms with Crippen LogP contribution in [-0.4, -0.2) is 42.9 Å². The Morgan fingerprint density at radius 1 is 1.29 bits per heavy atom. The van der Waals surface area contributed by atoms with Crippen molar-refractivity contribution in [2.45, 2.75) is 51.3 Å². The van der Waals surface area contributed by atoms with Crippen LogP contribution in [0, 0.1) is 0 Å². The molecule has 0 spiro atoms. The molecule has 1 aromatic carbocycles. The highest BCUT2D eigenvalue weighted by Gasteiger charge is 2.31. The second-order valence-corrected chi connectivity index (χ2v) is 5.81. The van der Waals surface area contributed by atoms with E-state index in [1.165, 1.54) is 12.8 Å². The molecule has 1 aromatic rings. The number of hydrogen-bond donors (Lipinski definition) is 1. The van der Waals surface area contributed by atoms with Gasteiger partial charge >= 0.3 is 0 Å². The predicted molar refractivity (Wildman–Crippen MR) is 84.0 cm³/mol. The van der Waals surface area contributed by atoms with E-state index in [1.54, 1.807) is 14.2 Å². The number of hydrogen-bond acceptors (Lipinski definition) is 4. The van der Waals surface area contributed by atoms with Gasteiger partial charge in [-0.15, -0.1) is 0 Å². The van der Waals surface area contributed by atoms with E-state index in [0.717, 1.165) is 17.7 Å². The molecule has 2 rings (SSSR count). The highest BCUT2D eigenvalue weighted by atomic mass is 16.5. The molecule has 0 radical (unpaired) electrons. The van der Waals surface area contributed by atoms with Crippen molar-refractivity contribution in [3.05, 3.63) is 23.8 Å². The van der Waals surface area contributed by atoms with Crippen molar-refractivity contribution < 1.29 is 14.6 Å². The number of aliphatic hydroxyl groups is 1. The van der Waals surface area contributed by atoms with Crippen molar-refractivity contribution in [3.8, 4) is 11.5 Å². The maximum Gasteiger partial charge on any atom is 0.128 e. The van der Waals surface area contributed by atoms with E-state index in [0.29, 0.717) is 24.4 Å². The van der Waals surface area contributed by atoms with Crippen LogP contribution >= 0.6 is 0 Å². The minimum Gasteiger partial charge on any atom is -0.497 e. The third kappa shape index (κ3) is 3.50. The second-order valence-electron chi connectivity index (χ2n) is 5.81. The molecule has 1 heterocycles. The summed E-state index contributed by atoms with van der Waals surface area (Å²) in [6, 6.07) is 6.70. The van der Waals surface area contributed by atoms with E-state index in [4.69, 9.17) is 9.47 Å². The van der Waals surface area contributed by atoms with Gasteiger partial charge in [-0.3, -0.25) is 4.90 Å². The SMILES string of the molecule is CCC1CCC(C)N1CC(O)c1ccc(OC)cc1OC. The van der Waals surface area contributed by atoms with Crippen LogP contribution in [0.25, 0.3) is 0 Å². The van der Waals surface area contributed by atoms with Crippen molar-refractivity contribution in [2.24, 2.45) is 0 Å². The van der Waals surface area contributed by atoms with Gasteiger partial charge in [-0.2, -0.15) is 0 Å². The Bertz CT molecular complexity index is 463. The van der Waals surface area contributed by atoms with Gasteiger partial charge in [0.1, 0.15) is 11.5 Å². The molecule has 3 atom stereocenters. The highest BCUT2D eigenvalue weighted by molar-refractivity contribution is 5.42. The summed E-state index contributed by atoms with van der Waals surface area (Å²) in [6.45, 7) is 5.12. The van der Waals surface area contributed by atoms with Crippen LogP contribution in [0.1, 0.15) is 44.8 Å². The van der Waals surface area contributed by atoms with Gasteiger partial charge in [0, 0.05) is 30.3 Å². The molecule has 1 saturated heterocycles. The minimum absolute atomic E-state index is 0.536. The van der Waals surface area contributed by atoms with Crippen LogP contribution in [0.15, 0.2) is 18.2 Å². The monoisotopic (exact) mass is 293 g/mol. The largest absolute Gasteiger partial charge is 0.497 e. The van der Waals surface area contributed by atoms with Gasteiger partial charge in [-0.05, 0) is 38.3 Å². The Labute approximate surface area is 127 Å². The first-order valence-corrected chi connectivity index (χ1v) is 7.76. The molecule has 0 amide bonds. The summed E-state index contributed by atoms with van der Waals surface area (Å²) in [5.41, 5.74) is 0.826. The normalized spacial score (nSPS) is 24.0. The quantitative estimate of drug-likeness (QED) is 0.875. The van der Waals surface area contributed by atoms with Gasteiger partial charge in [0.15, 0.2) is 0 Å². The van der Waals surface area contributed by atoms with Crippen LogP contribution in [0.2, 0.25) is 0 Å².